The average Bonchev–Trinajstić information content (AvgIpc) is 3.19. The number of halogens is 1. The third-order valence-electron chi connectivity index (χ3n) is 8.59. The van der Waals surface area contributed by atoms with E-state index >= 15 is 0 Å². The Hall–Kier alpha value is -5.97. The van der Waals surface area contributed by atoms with E-state index in [1.807, 2.05) is 60.7 Å². The first-order chi connectivity index (χ1) is 24.2. The zero-order valence-corrected chi connectivity index (χ0v) is 28.1. The molecule has 0 unspecified atom stereocenters. The Labute approximate surface area is 294 Å². The van der Waals surface area contributed by atoms with Gasteiger partial charge in [-0.05, 0) is 80.9 Å². The predicted octanol–water partition coefficient (Wildman–Crippen LogP) is 12.3. The number of rotatable bonds is 7. The van der Waals surface area contributed by atoms with E-state index in [0.717, 1.165) is 37.9 Å². The molecule has 8 rings (SSSR count). The molecule has 49 heavy (non-hydrogen) atoms. The minimum Gasteiger partial charge on any atom is -0.208 e. The second-order valence-corrected chi connectivity index (χ2v) is 12.8. The molecule has 0 radical (unpaired) electrons. The van der Waals surface area contributed by atoms with E-state index in [1.165, 1.54) is 27.8 Å². The summed E-state index contributed by atoms with van der Waals surface area (Å²) in [5.74, 6) is 1.95. The van der Waals surface area contributed by atoms with Gasteiger partial charge in [0.05, 0.1) is 0 Å². The van der Waals surface area contributed by atoms with Gasteiger partial charge in [-0.1, -0.05) is 162 Å². The second kappa shape index (κ2) is 13.6. The van der Waals surface area contributed by atoms with Gasteiger partial charge in [0.15, 0.2) is 17.5 Å². The van der Waals surface area contributed by atoms with Gasteiger partial charge >= 0.3 is 0 Å². The van der Waals surface area contributed by atoms with Crippen LogP contribution in [0.15, 0.2) is 186 Å². The number of aromatic nitrogens is 3. The third kappa shape index (κ3) is 6.73. The van der Waals surface area contributed by atoms with Crippen molar-refractivity contribution >= 4 is 15.9 Å². The second-order valence-electron chi connectivity index (χ2n) is 11.9. The van der Waals surface area contributed by atoms with Crippen LogP contribution in [-0.2, 0) is 0 Å². The standard InChI is InChI=1S/C45H30BrN3/c46-42-25-23-31(24-26-42)34-15-7-16-35(27-34)36-17-8-18-37(28-36)38-19-9-20-39(29-38)40-21-10-22-41(30-40)45-48-43(32-11-3-1-4-12-32)47-44(49-45)33-13-5-2-6-14-33/h1-30H. The van der Waals surface area contributed by atoms with E-state index in [4.69, 9.17) is 15.0 Å². The fraction of sp³-hybridized carbons (Fsp3) is 0. The van der Waals surface area contributed by atoms with Crippen molar-refractivity contribution in [3.05, 3.63) is 186 Å². The molecule has 1 heterocycles. The van der Waals surface area contributed by atoms with Gasteiger partial charge in [-0.3, -0.25) is 0 Å². The fourth-order valence-electron chi connectivity index (χ4n) is 6.05. The van der Waals surface area contributed by atoms with Crippen molar-refractivity contribution in [1.29, 1.82) is 0 Å². The van der Waals surface area contributed by atoms with Crippen LogP contribution in [-0.4, -0.2) is 15.0 Å². The van der Waals surface area contributed by atoms with Crippen molar-refractivity contribution in [3.8, 4) is 78.7 Å². The quantitative estimate of drug-likeness (QED) is 0.167. The molecule has 0 atom stereocenters. The molecule has 0 aliphatic rings. The maximum Gasteiger partial charge on any atom is 0.164 e. The van der Waals surface area contributed by atoms with E-state index in [0.29, 0.717) is 17.5 Å². The summed E-state index contributed by atoms with van der Waals surface area (Å²) >= 11 is 3.55. The Morgan fingerprint density at radius 3 is 0.918 bits per heavy atom. The monoisotopic (exact) mass is 691 g/mol. The van der Waals surface area contributed by atoms with Crippen LogP contribution >= 0.6 is 15.9 Å². The van der Waals surface area contributed by atoms with Crippen molar-refractivity contribution in [2.24, 2.45) is 0 Å². The van der Waals surface area contributed by atoms with Crippen LogP contribution in [0.25, 0.3) is 78.7 Å². The normalized spacial score (nSPS) is 11.0. The molecule has 3 nitrogen and oxygen atoms in total. The van der Waals surface area contributed by atoms with Crippen LogP contribution in [0.1, 0.15) is 0 Å². The first kappa shape index (κ1) is 30.4. The van der Waals surface area contributed by atoms with Gasteiger partial charge in [-0.15, -0.1) is 0 Å². The summed E-state index contributed by atoms with van der Waals surface area (Å²) in [6.07, 6.45) is 0. The summed E-state index contributed by atoms with van der Waals surface area (Å²) < 4.78 is 1.08. The highest BCUT2D eigenvalue weighted by Crippen LogP contribution is 2.33. The first-order valence-electron chi connectivity index (χ1n) is 16.2. The lowest BCUT2D eigenvalue weighted by molar-refractivity contribution is 1.07. The molecule has 0 bridgehead atoms. The molecular formula is C45H30BrN3. The first-order valence-corrected chi connectivity index (χ1v) is 17.0. The molecule has 4 heteroatoms. The molecule has 0 amide bonds. The highest BCUT2D eigenvalue weighted by Gasteiger charge is 2.13. The third-order valence-corrected chi connectivity index (χ3v) is 9.11. The van der Waals surface area contributed by atoms with Crippen molar-refractivity contribution in [3.63, 3.8) is 0 Å². The van der Waals surface area contributed by atoms with Crippen molar-refractivity contribution < 1.29 is 0 Å². The summed E-state index contributed by atoms with van der Waals surface area (Å²) in [6, 6.07) is 63.3. The molecule has 0 saturated heterocycles. The van der Waals surface area contributed by atoms with E-state index in [9.17, 15) is 0 Å². The van der Waals surface area contributed by atoms with E-state index in [2.05, 4.69) is 137 Å². The molecule has 0 aliphatic carbocycles. The lowest BCUT2D eigenvalue weighted by atomic mass is 9.94. The predicted molar refractivity (Wildman–Crippen MR) is 206 cm³/mol. The Bertz CT molecular complexity index is 2330. The summed E-state index contributed by atoms with van der Waals surface area (Å²) in [4.78, 5) is 14.7. The van der Waals surface area contributed by atoms with Crippen LogP contribution in [0.5, 0.6) is 0 Å². The maximum atomic E-state index is 4.94. The highest BCUT2D eigenvalue weighted by atomic mass is 79.9. The van der Waals surface area contributed by atoms with Crippen LogP contribution in [0, 0.1) is 0 Å². The maximum absolute atomic E-state index is 4.94. The molecule has 0 aliphatic heterocycles. The van der Waals surface area contributed by atoms with Crippen molar-refractivity contribution in [1.82, 2.24) is 15.0 Å². The van der Waals surface area contributed by atoms with Crippen molar-refractivity contribution in [2.75, 3.05) is 0 Å². The van der Waals surface area contributed by atoms with Crippen LogP contribution in [0.3, 0.4) is 0 Å². The molecule has 0 saturated carbocycles. The lowest BCUT2D eigenvalue weighted by Gasteiger charge is -2.11. The Kier molecular flexibility index (Phi) is 8.45. The summed E-state index contributed by atoms with van der Waals surface area (Å²) in [7, 11) is 0. The molecular weight excluding hydrogens is 662 g/mol. The molecule has 0 spiro atoms. The largest absolute Gasteiger partial charge is 0.208 e. The summed E-state index contributed by atoms with van der Waals surface area (Å²) in [5, 5.41) is 0. The van der Waals surface area contributed by atoms with Gasteiger partial charge in [0.1, 0.15) is 0 Å². The minimum absolute atomic E-state index is 0.642. The molecule has 232 valence electrons. The Morgan fingerprint density at radius 1 is 0.245 bits per heavy atom. The van der Waals surface area contributed by atoms with Crippen LogP contribution in [0.4, 0.5) is 0 Å². The fourth-order valence-corrected chi connectivity index (χ4v) is 6.32. The topological polar surface area (TPSA) is 38.7 Å². The summed E-state index contributed by atoms with van der Waals surface area (Å²) in [6.45, 7) is 0. The molecule has 7 aromatic carbocycles. The minimum atomic E-state index is 0.642. The highest BCUT2D eigenvalue weighted by molar-refractivity contribution is 9.10. The Morgan fingerprint density at radius 2 is 0.531 bits per heavy atom. The van der Waals surface area contributed by atoms with Gasteiger partial charge in [-0.25, -0.2) is 15.0 Å². The van der Waals surface area contributed by atoms with Crippen molar-refractivity contribution in [2.45, 2.75) is 0 Å². The zero-order valence-electron chi connectivity index (χ0n) is 26.5. The smallest absolute Gasteiger partial charge is 0.164 e. The zero-order chi connectivity index (χ0) is 33.0. The number of benzene rings is 7. The average molecular weight is 693 g/mol. The number of hydrogen-bond acceptors (Lipinski definition) is 3. The van der Waals surface area contributed by atoms with Gasteiger partial charge in [0.25, 0.3) is 0 Å². The summed E-state index contributed by atoms with van der Waals surface area (Å²) in [5.41, 5.74) is 12.2. The van der Waals surface area contributed by atoms with Crippen LogP contribution in [0.2, 0.25) is 0 Å². The lowest BCUT2D eigenvalue weighted by Crippen LogP contribution is -2.00. The van der Waals surface area contributed by atoms with Gasteiger partial charge in [0, 0.05) is 21.2 Å². The molecule has 0 fully saturated rings. The van der Waals surface area contributed by atoms with Gasteiger partial charge in [-0.2, -0.15) is 0 Å². The van der Waals surface area contributed by atoms with E-state index in [-0.39, 0.29) is 0 Å². The van der Waals surface area contributed by atoms with E-state index < -0.39 is 0 Å². The SMILES string of the molecule is Brc1ccc(-c2cccc(-c3cccc(-c4cccc(-c5cccc(-c6nc(-c7ccccc7)nc(-c7ccccc7)n6)c5)c4)c3)c2)cc1. The molecule has 1 aromatic heterocycles. The van der Waals surface area contributed by atoms with Gasteiger partial charge in [0.2, 0.25) is 0 Å². The number of nitrogens with zero attached hydrogens (tertiary/aromatic N) is 3. The number of hydrogen-bond donors (Lipinski definition) is 0. The molecule has 0 N–H and O–H groups in total. The van der Waals surface area contributed by atoms with Gasteiger partial charge < -0.3 is 0 Å². The molecule has 8 aromatic rings. The van der Waals surface area contributed by atoms with Crippen LogP contribution < -0.4 is 0 Å². The Balaban J connectivity index is 1.13. The van der Waals surface area contributed by atoms with E-state index in [1.54, 1.807) is 0 Å².